The monoisotopic (exact) mass is 263 g/mol. The predicted octanol–water partition coefficient (Wildman–Crippen LogP) is 3.73. The van der Waals surface area contributed by atoms with Gasteiger partial charge in [-0.2, -0.15) is 0 Å². The summed E-state index contributed by atoms with van der Waals surface area (Å²) in [6.07, 6.45) is 1.84. The van der Waals surface area contributed by atoms with E-state index in [4.69, 9.17) is 5.73 Å². The quantitative estimate of drug-likeness (QED) is 0.913. The normalized spacial score (nSPS) is 15.1. The molecule has 0 fully saturated rings. The summed E-state index contributed by atoms with van der Waals surface area (Å²) >= 11 is 0. The van der Waals surface area contributed by atoms with Crippen LogP contribution in [0.4, 0.5) is 4.39 Å². The number of hydrogen-bond donors (Lipinski definition) is 1. The second-order valence-corrected chi connectivity index (χ2v) is 5.70. The minimum Gasteiger partial charge on any atom is -0.324 e. The number of rotatable bonds is 4. The Labute approximate surface area is 113 Å². The fourth-order valence-corrected chi connectivity index (χ4v) is 2.62. The van der Waals surface area contributed by atoms with E-state index in [9.17, 15) is 4.39 Å². The van der Waals surface area contributed by atoms with Crippen LogP contribution in [0.2, 0.25) is 0 Å². The van der Waals surface area contributed by atoms with Gasteiger partial charge in [0.25, 0.3) is 0 Å². The lowest BCUT2D eigenvalue weighted by Gasteiger charge is -2.26. The molecule has 3 nitrogen and oxygen atoms in total. The van der Waals surface area contributed by atoms with Gasteiger partial charge in [0.05, 0.1) is 16.6 Å². The number of hydrogen-bond acceptors (Lipinski definition) is 2. The summed E-state index contributed by atoms with van der Waals surface area (Å²) in [6, 6.07) is 4.89. The second kappa shape index (κ2) is 4.93. The molecule has 0 bridgehead atoms. The molecule has 1 atom stereocenters. The molecule has 0 aliphatic rings. The maximum absolute atomic E-state index is 13.5. The Balaban J connectivity index is 2.70. The van der Waals surface area contributed by atoms with E-state index in [1.54, 1.807) is 6.07 Å². The Bertz CT molecular complexity index is 584. The van der Waals surface area contributed by atoms with Gasteiger partial charge in [0.2, 0.25) is 0 Å². The van der Waals surface area contributed by atoms with Gasteiger partial charge in [-0.05, 0) is 45.4 Å². The molecule has 0 amide bonds. The lowest BCUT2D eigenvalue weighted by atomic mass is 9.96. The van der Waals surface area contributed by atoms with E-state index >= 15 is 0 Å². The fraction of sp³-hybridized carbons (Fsp3) is 0.533. The van der Waals surface area contributed by atoms with Crippen LogP contribution in [-0.2, 0) is 5.54 Å². The van der Waals surface area contributed by atoms with E-state index in [0.29, 0.717) is 0 Å². The van der Waals surface area contributed by atoms with E-state index in [0.717, 1.165) is 29.7 Å². The van der Waals surface area contributed by atoms with Crippen LogP contribution in [0.5, 0.6) is 0 Å². The first-order chi connectivity index (χ1) is 8.86. The highest BCUT2D eigenvalue weighted by atomic mass is 19.1. The third-order valence-electron chi connectivity index (χ3n) is 3.45. The molecule has 1 aromatic carbocycles. The van der Waals surface area contributed by atoms with Gasteiger partial charge in [-0.25, -0.2) is 9.37 Å². The van der Waals surface area contributed by atoms with Crippen LogP contribution >= 0.6 is 0 Å². The highest BCUT2D eigenvalue weighted by Gasteiger charge is 2.28. The highest BCUT2D eigenvalue weighted by molar-refractivity contribution is 5.76. The van der Waals surface area contributed by atoms with Crippen molar-refractivity contribution in [3.63, 3.8) is 0 Å². The molecule has 1 heterocycles. The van der Waals surface area contributed by atoms with Crippen molar-refractivity contribution in [1.29, 1.82) is 0 Å². The highest BCUT2D eigenvalue weighted by Crippen LogP contribution is 2.30. The van der Waals surface area contributed by atoms with Gasteiger partial charge in [-0.3, -0.25) is 0 Å². The third kappa shape index (κ3) is 2.50. The maximum atomic E-state index is 13.5. The number of nitrogens with zero attached hydrogens (tertiary/aromatic N) is 2. The van der Waals surface area contributed by atoms with E-state index in [1.165, 1.54) is 12.1 Å². The largest absolute Gasteiger partial charge is 0.324 e. The van der Waals surface area contributed by atoms with Crippen LogP contribution in [0.1, 0.15) is 52.4 Å². The van der Waals surface area contributed by atoms with E-state index in [2.05, 4.69) is 25.8 Å². The second-order valence-electron chi connectivity index (χ2n) is 5.70. The van der Waals surface area contributed by atoms with Crippen molar-refractivity contribution in [3.05, 3.63) is 29.8 Å². The fourth-order valence-electron chi connectivity index (χ4n) is 2.62. The summed E-state index contributed by atoms with van der Waals surface area (Å²) in [6.45, 7) is 8.23. The van der Waals surface area contributed by atoms with E-state index in [-0.39, 0.29) is 11.9 Å². The van der Waals surface area contributed by atoms with Gasteiger partial charge in [0, 0.05) is 6.04 Å². The van der Waals surface area contributed by atoms with Gasteiger partial charge in [-0.15, -0.1) is 0 Å². The Morgan fingerprint density at radius 3 is 2.68 bits per heavy atom. The van der Waals surface area contributed by atoms with Crippen LogP contribution in [0.15, 0.2) is 18.2 Å². The van der Waals surface area contributed by atoms with Gasteiger partial charge >= 0.3 is 0 Å². The standard InChI is InChI=1S/C15H22FN3/c1-5-8-15(4,17)14-18-12-7-6-11(16)9-13(12)19(14)10(2)3/h6-7,9-10H,5,8,17H2,1-4H3. The Morgan fingerprint density at radius 2 is 2.11 bits per heavy atom. The number of nitrogens with two attached hydrogens (primary N) is 1. The van der Waals surface area contributed by atoms with Crippen molar-refractivity contribution < 1.29 is 4.39 Å². The van der Waals surface area contributed by atoms with Gasteiger partial charge < -0.3 is 10.3 Å². The molecular weight excluding hydrogens is 241 g/mol. The van der Waals surface area contributed by atoms with Gasteiger partial charge in [0.1, 0.15) is 11.6 Å². The minimum atomic E-state index is -0.492. The summed E-state index contributed by atoms with van der Waals surface area (Å²) in [5.41, 5.74) is 7.54. The molecule has 0 aliphatic carbocycles. The topological polar surface area (TPSA) is 43.8 Å². The van der Waals surface area contributed by atoms with E-state index in [1.807, 2.05) is 11.5 Å². The summed E-state index contributed by atoms with van der Waals surface area (Å²) in [7, 11) is 0. The predicted molar refractivity (Wildman–Crippen MR) is 76.5 cm³/mol. The van der Waals surface area contributed by atoms with Crippen LogP contribution in [0.25, 0.3) is 11.0 Å². The molecule has 0 aliphatic heterocycles. The number of benzene rings is 1. The third-order valence-corrected chi connectivity index (χ3v) is 3.45. The van der Waals surface area contributed by atoms with Gasteiger partial charge in [0.15, 0.2) is 0 Å². The Kier molecular flexibility index (Phi) is 3.63. The summed E-state index contributed by atoms with van der Waals surface area (Å²) < 4.78 is 15.5. The van der Waals surface area contributed by atoms with Gasteiger partial charge in [-0.1, -0.05) is 13.3 Å². The summed E-state index contributed by atoms with van der Waals surface area (Å²) in [4.78, 5) is 4.64. The molecule has 2 aromatic rings. The SMILES string of the molecule is CCCC(C)(N)c1nc2ccc(F)cc2n1C(C)C. The lowest BCUT2D eigenvalue weighted by molar-refractivity contribution is 0.390. The van der Waals surface area contributed by atoms with Crippen molar-refractivity contribution in [2.75, 3.05) is 0 Å². The lowest BCUT2D eigenvalue weighted by Crippen LogP contribution is -2.36. The Morgan fingerprint density at radius 1 is 1.42 bits per heavy atom. The van der Waals surface area contributed by atoms with Crippen LogP contribution in [0.3, 0.4) is 0 Å². The van der Waals surface area contributed by atoms with Crippen molar-refractivity contribution in [2.45, 2.75) is 52.1 Å². The van der Waals surface area contributed by atoms with Crippen LogP contribution < -0.4 is 5.73 Å². The first kappa shape index (κ1) is 14.0. The molecule has 19 heavy (non-hydrogen) atoms. The average Bonchev–Trinajstić information content (AvgIpc) is 2.68. The van der Waals surface area contributed by atoms with Crippen molar-refractivity contribution in [2.24, 2.45) is 5.73 Å². The molecule has 0 radical (unpaired) electrons. The van der Waals surface area contributed by atoms with Crippen LogP contribution in [0, 0.1) is 5.82 Å². The Hall–Kier alpha value is -1.42. The van der Waals surface area contributed by atoms with Crippen molar-refractivity contribution in [1.82, 2.24) is 9.55 Å². The molecule has 0 saturated carbocycles. The number of imidazole rings is 1. The molecule has 1 aromatic heterocycles. The zero-order valence-electron chi connectivity index (χ0n) is 12.1. The molecule has 2 N–H and O–H groups in total. The first-order valence-electron chi connectivity index (χ1n) is 6.83. The van der Waals surface area contributed by atoms with Crippen molar-refractivity contribution in [3.8, 4) is 0 Å². The molecule has 0 saturated heterocycles. The number of fused-ring (bicyclic) bond motifs is 1. The zero-order valence-corrected chi connectivity index (χ0v) is 12.1. The maximum Gasteiger partial charge on any atom is 0.130 e. The van der Waals surface area contributed by atoms with Crippen LogP contribution in [-0.4, -0.2) is 9.55 Å². The first-order valence-corrected chi connectivity index (χ1v) is 6.83. The zero-order chi connectivity index (χ0) is 14.2. The summed E-state index contributed by atoms with van der Waals surface area (Å²) in [5, 5.41) is 0. The molecule has 4 heteroatoms. The smallest absolute Gasteiger partial charge is 0.130 e. The van der Waals surface area contributed by atoms with E-state index < -0.39 is 5.54 Å². The molecule has 0 spiro atoms. The molecule has 104 valence electrons. The number of aromatic nitrogens is 2. The molecule has 2 rings (SSSR count). The van der Waals surface area contributed by atoms with Crippen molar-refractivity contribution >= 4 is 11.0 Å². The number of halogens is 1. The summed E-state index contributed by atoms with van der Waals surface area (Å²) in [5.74, 6) is 0.597. The molecule has 1 unspecified atom stereocenters. The average molecular weight is 263 g/mol. The minimum absolute atomic E-state index is 0.196. The molecular formula is C15H22FN3.